The van der Waals surface area contributed by atoms with E-state index in [4.69, 9.17) is 22.8 Å². The Kier molecular flexibility index (Phi) is 4.08. The van der Waals surface area contributed by atoms with Gasteiger partial charge in [0, 0.05) is 10.9 Å². The third kappa shape index (κ3) is 2.95. The minimum absolute atomic E-state index is 0.339. The number of rotatable bonds is 3. The Morgan fingerprint density at radius 2 is 2.11 bits per heavy atom. The molecule has 94 valence electrons. The summed E-state index contributed by atoms with van der Waals surface area (Å²) >= 11 is 6.36. The van der Waals surface area contributed by atoms with Crippen molar-refractivity contribution in [2.24, 2.45) is 5.84 Å². The number of benzene rings is 1. The van der Waals surface area contributed by atoms with Gasteiger partial charge in [-0.1, -0.05) is 0 Å². The first-order valence-corrected chi connectivity index (χ1v) is 6.39. The summed E-state index contributed by atoms with van der Waals surface area (Å²) in [6, 6.07) is 7.70. The van der Waals surface area contributed by atoms with Crippen molar-refractivity contribution in [3.63, 3.8) is 0 Å². The Labute approximate surface area is 114 Å². The second-order valence-corrected chi connectivity index (χ2v) is 4.63. The van der Waals surface area contributed by atoms with Gasteiger partial charge in [0.15, 0.2) is 10.2 Å². The van der Waals surface area contributed by atoms with Crippen LogP contribution in [0.1, 0.15) is 0 Å². The zero-order chi connectivity index (χ0) is 13.0. The maximum absolute atomic E-state index is 5.18. The summed E-state index contributed by atoms with van der Waals surface area (Å²) in [7, 11) is 1.64. The highest BCUT2D eigenvalue weighted by Crippen LogP contribution is 2.26. The Morgan fingerprint density at radius 3 is 2.72 bits per heavy atom. The molecule has 0 aliphatic carbocycles. The number of thiocarbonyl (C=S) groups is 1. The summed E-state index contributed by atoms with van der Waals surface area (Å²) in [6.07, 6.45) is 0. The molecule has 1 aromatic carbocycles. The van der Waals surface area contributed by atoms with Crippen LogP contribution < -0.4 is 21.3 Å². The minimum Gasteiger partial charge on any atom is -0.497 e. The number of hydrogen-bond donors (Lipinski definition) is 3. The molecule has 4 N–H and O–H groups in total. The summed E-state index contributed by atoms with van der Waals surface area (Å²) in [5.74, 6) is 6.00. The van der Waals surface area contributed by atoms with E-state index in [0.29, 0.717) is 10.2 Å². The van der Waals surface area contributed by atoms with Crippen molar-refractivity contribution < 1.29 is 4.74 Å². The van der Waals surface area contributed by atoms with Crippen LogP contribution in [0.15, 0.2) is 29.6 Å². The number of anilines is 1. The summed E-state index contributed by atoms with van der Waals surface area (Å²) in [4.78, 5) is 4.41. The lowest BCUT2D eigenvalue weighted by molar-refractivity contribution is 0.415. The van der Waals surface area contributed by atoms with E-state index in [9.17, 15) is 0 Å². The average Bonchev–Trinajstić information content (AvgIpc) is 2.87. The highest BCUT2D eigenvalue weighted by Gasteiger charge is 2.05. The third-order valence-corrected chi connectivity index (χ3v) is 3.22. The fourth-order valence-electron chi connectivity index (χ4n) is 1.36. The maximum Gasteiger partial charge on any atom is 0.189 e. The van der Waals surface area contributed by atoms with Crippen LogP contribution in [-0.2, 0) is 0 Å². The van der Waals surface area contributed by atoms with Crippen LogP contribution in [0, 0.1) is 0 Å². The number of hydrogen-bond acceptors (Lipinski definition) is 5. The summed E-state index contributed by atoms with van der Waals surface area (Å²) < 4.78 is 5.11. The number of nitrogens with one attached hydrogen (secondary N) is 2. The van der Waals surface area contributed by atoms with Crippen molar-refractivity contribution in [1.29, 1.82) is 0 Å². The van der Waals surface area contributed by atoms with Crippen molar-refractivity contribution in [2.75, 3.05) is 12.4 Å². The number of nitrogens with zero attached hydrogens (tertiary/aromatic N) is 1. The van der Waals surface area contributed by atoms with Gasteiger partial charge >= 0.3 is 0 Å². The maximum atomic E-state index is 5.18. The van der Waals surface area contributed by atoms with E-state index in [0.717, 1.165) is 17.0 Å². The largest absolute Gasteiger partial charge is 0.497 e. The van der Waals surface area contributed by atoms with Crippen LogP contribution >= 0.6 is 23.6 Å². The van der Waals surface area contributed by atoms with Gasteiger partial charge in [0.2, 0.25) is 0 Å². The molecule has 0 saturated carbocycles. The highest BCUT2D eigenvalue weighted by atomic mass is 32.1. The zero-order valence-corrected chi connectivity index (χ0v) is 11.3. The van der Waals surface area contributed by atoms with Crippen LogP contribution in [-0.4, -0.2) is 17.2 Å². The van der Waals surface area contributed by atoms with Crippen LogP contribution in [0.2, 0.25) is 0 Å². The quantitative estimate of drug-likeness (QED) is 0.453. The standard InChI is InChI=1S/C11H12N4OS2/c1-16-8-4-2-7(3-5-8)9-6-18-11(13-9)14-10(17)15-12/h2-6H,12H2,1H3,(H2,13,14,15,17). The van der Waals surface area contributed by atoms with Crippen LogP contribution in [0.3, 0.4) is 0 Å². The predicted molar refractivity (Wildman–Crippen MR) is 77.6 cm³/mol. The van der Waals surface area contributed by atoms with Crippen LogP contribution in [0.4, 0.5) is 5.13 Å². The monoisotopic (exact) mass is 280 g/mol. The van der Waals surface area contributed by atoms with E-state index < -0.39 is 0 Å². The molecule has 0 fully saturated rings. The predicted octanol–water partition coefficient (Wildman–Crippen LogP) is 1.98. The molecular formula is C11H12N4OS2. The van der Waals surface area contributed by atoms with Gasteiger partial charge in [-0.15, -0.1) is 11.3 Å². The number of aromatic nitrogens is 1. The summed E-state index contributed by atoms with van der Waals surface area (Å²) in [5.41, 5.74) is 4.25. The van der Waals surface area contributed by atoms with Crippen molar-refractivity contribution in [3.05, 3.63) is 29.6 Å². The molecule has 0 aliphatic rings. The fraction of sp³-hybridized carbons (Fsp3) is 0.0909. The van der Waals surface area contributed by atoms with Gasteiger partial charge in [0.05, 0.1) is 12.8 Å². The van der Waals surface area contributed by atoms with Gasteiger partial charge in [0.25, 0.3) is 0 Å². The van der Waals surface area contributed by atoms with Crippen LogP contribution in [0.25, 0.3) is 11.3 Å². The molecule has 2 aromatic rings. The van der Waals surface area contributed by atoms with E-state index in [-0.39, 0.29) is 0 Å². The molecule has 18 heavy (non-hydrogen) atoms. The molecule has 5 nitrogen and oxygen atoms in total. The van der Waals surface area contributed by atoms with Gasteiger partial charge in [-0.05, 0) is 36.5 Å². The highest BCUT2D eigenvalue weighted by molar-refractivity contribution is 7.80. The summed E-state index contributed by atoms with van der Waals surface area (Å²) in [6.45, 7) is 0. The first-order valence-electron chi connectivity index (χ1n) is 5.10. The van der Waals surface area contributed by atoms with Crippen molar-refractivity contribution in [2.45, 2.75) is 0 Å². The van der Waals surface area contributed by atoms with Crippen molar-refractivity contribution in [3.8, 4) is 17.0 Å². The minimum atomic E-state index is 0.339. The molecule has 0 bridgehead atoms. The molecule has 1 aromatic heterocycles. The smallest absolute Gasteiger partial charge is 0.189 e. The van der Waals surface area contributed by atoms with Crippen molar-refractivity contribution in [1.82, 2.24) is 10.4 Å². The number of ether oxygens (including phenoxy) is 1. The zero-order valence-electron chi connectivity index (χ0n) is 9.64. The second kappa shape index (κ2) is 5.76. The lowest BCUT2D eigenvalue weighted by Gasteiger charge is -2.02. The third-order valence-electron chi connectivity index (χ3n) is 2.24. The second-order valence-electron chi connectivity index (χ2n) is 3.36. The van der Waals surface area contributed by atoms with E-state index in [1.54, 1.807) is 7.11 Å². The molecule has 0 saturated heterocycles. The van der Waals surface area contributed by atoms with Gasteiger partial charge in [-0.2, -0.15) is 0 Å². The number of hydrazine groups is 1. The van der Waals surface area contributed by atoms with Crippen LogP contribution in [0.5, 0.6) is 5.75 Å². The fourth-order valence-corrected chi connectivity index (χ4v) is 2.24. The summed E-state index contributed by atoms with van der Waals surface area (Å²) in [5, 5.41) is 5.87. The molecule has 0 atom stereocenters. The van der Waals surface area contributed by atoms with E-state index in [1.807, 2.05) is 29.6 Å². The van der Waals surface area contributed by atoms with Gasteiger partial charge in [0.1, 0.15) is 5.75 Å². The SMILES string of the molecule is COc1ccc(-c2csc(NC(=S)NN)n2)cc1. The lowest BCUT2D eigenvalue weighted by atomic mass is 10.2. The van der Waals surface area contributed by atoms with Gasteiger partial charge in [-0.25, -0.2) is 10.8 Å². The van der Waals surface area contributed by atoms with E-state index in [1.165, 1.54) is 11.3 Å². The topological polar surface area (TPSA) is 72.2 Å². The molecule has 0 amide bonds. The average molecular weight is 280 g/mol. The number of thiazole rings is 1. The molecule has 0 radical (unpaired) electrons. The van der Waals surface area contributed by atoms with Gasteiger partial charge < -0.3 is 15.5 Å². The molecule has 0 spiro atoms. The Balaban J connectivity index is 2.15. The molecule has 1 heterocycles. The Morgan fingerprint density at radius 1 is 1.39 bits per heavy atom. The van der Waals surface area contributed by atoms with E-state index >= 15 is 0 Å². The molecule has 7 heteroatoms. The molecule has 0 unspecified atom stereocenters. The van der Waals surface area contributed by atoms with E-state index in [2.05, 4.69) is 15.7 Å². The first kappa shape index (κ1) is 12.7. The molecular weight excluding hydrogens is 268 g/mol. The normalized spacial score (nSPS) is 9.89. The first-order chi connectivity index (χ1) is 8.72. The molecule has 2 rings (SSSR count). The lowest BCUT2D eigenvalue weighted by Crippen LogP contribution is -2.34. The Hall–Kier alpha value is -1.70. The van der Waals surface area contributed by atoms with Crippen molar-refractivity contribution >= 4 is 33.8 Å². The Bertz CT molecular complexity index is 538. The van der Waals surface area contributed by atoms with Gasteiger partial charge in [-0.3, -0.25) is 0 Å². The number of nitrogens with two attached hydrogens (primary N) is 1. The molecule has 0 aliphatic heterocycles. The number of methoxy groups -OCH3 is 1.